The number of anilines is 1. The van der Waals surface area contributed by atoms with Crippen LogP contribution >= 0.6 is 15.9 Å². The average Bonchev–Trinajstić information content (AvgIpc) is 3.09. The fourth-order valence-electron chi connectivity index (χ4n) is 4.89. The second kappa shape index (κ2) is 10.1. The molecular formula is C24H36BrNO. The molecular weight excluding hydrogens is 398 g/mol. The average molecular weight is 434 g/mol. The van der Waals surface area contributed by atoms with Crippen molar-refractivity contribution in [2.45, 2.75) is 89.3 Å². The van der Waals surface area contributed by atoms with Crippen LogP contribution in [0.4, 0.5) is 5.69 Å². The molecule has 1 aromatic rings. The minimum absolute atomic E-state index is 0.255. The number of unbranched alkanes of at least 4 members (excludes halogenated alkanes) is 1. The first-order chi connectivity index (χ1) is 13.1. The summed E-state index contributed by atoms with van der Waals surface area (Å²) in [5.74, 6) is 1.51. The Bertz CT molecular complexity index is 621. The van der Waals surface area contributed by atoms with E-state index in [4.69, 9.17) is 0 Å². The number of amides is 1. The van der Waals surface area contributed by atoms with Crippen LogP contribution in [0.2, 0.25) is 0 Å². The molecule has 1 heterocycles. The maximum Gasteiger partial charge on any atom is 0.230 e. The normalized spacial score (nSPS) is 23.3. The third-order valence-corrected chi connectivity index (χ3v) is 7.31. The fourth-order valence-corrected chi connectivity index (χ4v) is 5.72. The molecule has 0 saturated heterocycles. The van der Waals surface area contributed by atoms with Crippen molar-refractivity contribution < 1.29 is 4.79 Å². The number of fused-ring (bicyclic) bond motifs is 1. The molecule has 1 fully saturated rings. The summed E-state index contributed by atoms with van der Waals surface area (Å²) < 4.78 is 0. The van der Waals surface area contributed by atoms with Crippen LogP contribution in [-0.4, -0.2) is 17.3 Å². The number of hydrogen-bond acceptors (Lipinski definition) is 1. The predicted molar refractivity (Wildman–Crippen MR) is 119 cm³/mol. The number of benzene rings is 1. The Morgan fingerprint density at radius 1 is 1.19 bits per heavy atom. The first kappa shape index (κ1) is 20.9. The van der Waals surface area contributed by atoms with Gasteiger partial charge in [0.15, 0.2) is 0 Å². The lowest BCUT2D eigenvalue weighted by atomic mass is 9.79. The van der Waals surface area contributed by atoms with Gasteiger partial charge < -0.3 is 4.90 Å². The zero-order valence-electron chi connectivity index (χ0n) is 17.2. The van der Waals surface area contributed by atoms with Crippen molar-refractivity contribution in [2.75, 3.05) is 11.4 Å². The lowest BCUT2D eigenvalue weighted by molar-refractivity contribution is -0.123. The van der Waals surface area contributed by atoms with E-state index in [0.717, 1.165) is 38.1 Å². The molecule has 0 spiro atoms. The van der Waals surface area contributed by atoms with Crippen molar-refractivity contribution in [1.29, 1.82) is 0 Å². The first-order valence-electron chi connectivity index (χ1n) is 11.2. The van der Waals surface area contributed by atoms with Crippen molar-refractivity contribution in [1.82, 2.24) is 0 Å². The maximum absolute atomic E-state index is 13.2. The standard InChI is InChI=1S/C24H36BrNO/c1-3-5-7-18-8-11-20(12-9-18)24(27)26-15-14-21-16-19(10-13-23(21)26)17-22(25)6-4-2/h10,13,16,18,20,22H,3-9,11-12,14-15,17H2,1-2H3. The smallest absolute Gasteiger partial charge is 0.230 e. The Morgan fingerprint density at radius 3 is 2.67 bits per heavy atom. The maximum atomic E-state index is 13.2. The van der Waals surface area contributed by atoms with E-state index in [2.05, 4.69) is 52.9 Å². The molecule has 1 unspecified atom stereocenters. The van der Waals surface area contributed by atoms with Crippen LogP contribution in [0.1, 0.15) is 82.8 Å². The van der Waals surface area contributed by atoms with Gasteiger partial charge in [0.05, 0.1) is 0 Å². The lowest BCUT2D eigenvalue weighted by Gasteiger charge is -2.30. The molecule has 1 aliphatic carbocycles. The molecule has 1 aromatic carbocycles. The van der Waals surface area contributed by atoms with Gasteiger partial charge in [-0.25, -0.2) is 0 Å². The van der Waals surface area contributed by atoms with Crippen LogP contribution < -0.4 is 4.90 Å². The largest absolute Gasteiger partial charge is 0.312 e. The highest BCUT2D eigenvalue weighted by Crippen LogP contribution is 2.36. The van der Waals surface area contributed by atoms with Crippen molar-refractivity contribution in [3.8, 4) is 0 Å². The van der Waals surface area contributed by atoms with Crippen molar-refractivity contribution >= 4 is 27.5 Å². The summed E-state index contributed by atoms with van der Waals surface area (Å²) in [6, 6.07) is 6.78. The van der Waals surface area contributed by atoms with E-state index in [1.165, 1.54) is 61.8 Å². The van der Waals surface area contributed by atoms with Gasteiger partial charge in [-0.05, 0) is 68.1 Å². The predicted octanol–water partition coefficient (Wildman–Crippen LogP) is 6.68. The monoisotopic (exact) mass is 433 g/mol. The molecule has 0 radical (unpaired) electrons. The second-order valence-electron chi connectivity index (χ2n) is 8.65. The number of carbonyl (C=O) groups excluding carboxylic acids is 1. The van der Waals surface area contributed by atoms with E-state index in [0.29, 0.717) is 10.7 Å². The molecule has 150 valence electrons. The van der Waals surface area contributed by atoms with Crippen LogP contribution in [0.5, 0.6) is 0 Å². The minimum atomic E-state index is 0.255. The Labute approximate surface area is 174 Å². The van der Waals surface area contributed by atoms with Crippen molar-refractivity contribution in [3.63, 3.8) is 0 Å². The Kier molecular flexibility index (Phi) is 7.81. The van der Waals surface area contributed by atoms with Gasteiger partial charge in [0.25, 0.3) is 0 Å². The van der Waals surface area contributed by atoms with E-state index < -0.39 is 0 Å². The number of nitrogens with zero attached hydrogens (tertiary/aromatic N) is 1. The lowest BCUT2D eigenvalue weighted by Crippen LogP contribution is -2.36. The van der Waals surface area contributed by atoms with Gasteiger partial charge in [-0.1, -0.05) is 67.6 Å². The van der Waals surface area contributed by atoms with Gasteiger partial charge in [0.1, 0.15) is 0 Å². The molecule has 2 nitrogen and oxygen atoms in total. The number of alkyl halides is 1. The van der Waals surface area contributed by atoms with Gasteiger partial charge in [0, 0.05) is 23.0 Å². The molecule has 1 amide bonds. The third kappa shape index (κ3) is 5.37. The Balaban J connectivity index is 1.58. The summed E-state index contributed by atoms with van der Waals surface area (Å²) in [7, 11) is 0. The highest BCUT2D eigenvalue weighted by Gasteiger charge is 2.32. The molecule has 27 heavy (non-hydrogen) atoms. The number of hydrogen-bond donors (Lipinski definition) is 0. The number of carbonyl (C=O) groups is 1. The number of halogens is 1. The second-order valence-corrected chi connectivity index (χ2v) is 9.95. The van der Waals surface area contributed by atoms with Crippen LogP contribution in [-0.2, 0) is 17.6 Å². The molecule has 1 aliphatic heterocycles. The highest BCUT2D eigenvalue weighted by atomic mass is 79.9. The molecule has 3 rings (SSSR count). The summed E-state index contributed by atoms with van der Waals surface area (Å²) in [4.78, 5) is 15.8. The molecule has 1 saturated carbocycles. The first-order valence-corrected chi connectivity index (χ1v) is 12.1. The fraction of sp³-hybridized carbons (Fsp3) is 0.708. The summed E-state index contributed by atoms with van der Waals surface area (Å²) in [5, 5.41) is 0. The van der Waals surface area contributed by atoms with E-state index in [1.54, 1.807) is 0 Å². The van der Waals surface area contributed by atoms with Gasteiger partial charge in [-0.2, -0.15) is 0 Å². The minimum Gasteiger partial charge on any atom is -0.312 e. The van der Waals surface area contributed by atoms with Crippen LogP contribution in [0, 0.1) is 11.8 Å². The van der Waals surface area contributed by atoms with Crippen molar-refractivity contribution in [3.05, 3.63) is 29.3 Å². The zero-order chi connectivity index (χ0) is 19.2. The molecule has 3 heteroatoms. The topological polar surface area (TPSA) is 20.3 Å². The van der Waals surface area contributed by atoms with Crippen molar-refractivity contribution in [2.24, 2.45) is 11.8 Å². The summed E-state index contributed by atoms with van der Waals surface area (Å²) in [5.41, 5.74) is 3.95. The van der Waals surface area contributed by atoms with Gasteiger partial charge in [-0.15, -0.1) is 0 Å². The van der Waals surface area contributed by atoms with E-state index in [1.807, 2.05) is 0 Å². The van der Waals surface area contributed by atoms with Gasteiger partial charge >= 0.3 is 0 Å². The Morgan fingerprint density at radius 2 is 1.96 bits per heavy atom. The summed E-state index contributed by atoms with van der Waals surface area (Å²) >= 11 is 3.80. The third-order valence-electron chi connectivity index (χ3n) is 6.53. The number of rotatable bonds is 8. The van der Waals surface area contributed by atoms with Gasteiger partial charge in [-0.3, -0.25) is 4.79 Å². The van der Waals surface area contributed by atoms with Gasteiger partial charge in [0.2, 0.25) is 5.91 Å². The molecule has 0 N–H and O–H groups in total. The summed E-state index contributed by atoms with van der Waals surface area (Å²) in [6.45, 7) is 5.38. The molecule has 2 aliphatic rings. The zero-order valence-corrected chi connectivity index (χ0v) is 18.8. The van der Waals surface area contributed by atoms with E-state index in [-0.39, 0.29) is 5.92 Å². The molecule has 1 atom stereocenters. The highest BCUT2D eigenvalue weighted by molar-refractivity contribution is 9.09. The van der Waals surface area contributed by atoms with Crippen LogP contribution in [0.25, 0.3) is 0 Å². The van der Waals surface area contributed by atoms with Crippen LogP contribution in [0.3, 0.4) is 0 Å². The van der Waals surface area contributed by atoms with E-state index >= 15 is 0 Å². The van der Waals surface area contributed by atoms with Crippen LogP contribution in [0.15, 0.2) is 18.2 Å². The molecule has 0 aromatic heterocycles. The SMILES string of the molecule is CCCCC1CCC(C(=O)N2CCc3cc(CC(Br)CCC)ccc32)CC1. The quantitative estimate of drug-likeness (QED) is 0.418. The molecule has 0 bridgehead atoms. The van der Waals surface area contributed by atoms with E-state index in [9.17, 15) is 4.79 Å². The summed E-state index contributed by atoms with van der Waals surface area (Å²) in [6.07, 6.45) is 13.2. The Hall–Kier alpha value is -0.830.